The van der Waals surface area contributed by atoms with Crippen LogP contribution in [-0.2, 0) is 24.6 Å². The van der Waals surface area contributed by atoms with Crippen LogP contribution in [0.4, 0.5) is 9.18 Å². The smallest absolute Gasteiger partial charge is 0.325 e. The van der Waals surface area contributed by atoms with Crippen molar-refractivity contribution in [3.8, 4) is 0 Å². The highest BCUT2D eigenvalue weighted by atomic mass is 19.1. The minimum atomic E-state index is -1.39. The number of rotatable bonds is 11. The maximum atomic E-state index is 13.2. The number of halogens is 1. The molecule has 1 aliphatic heterocycles. The van der Waals surface area contributed by atoms with E-state index in [4.69, 9.17) is 9.47 Å². The molecule has 1 aromatic carbocycles. The van der Waals surface area contributed by atoms with Crippen molar-refractivity contribution in [1.82, 2.24) is 15.1 Å². The average molecular weight is 439 g/mol. The fourth-order valence-corrected chi connectivity index (χ4v) is 3.11. The fraction of sp³-hybridized carbons (Fsp3) is 0.571. The molecule has 1 fully saturated rings. The lowest BCUT2D eigenvalue weighted by atomic mass is 9.92. The fourth-order valence-electron chi connectivity index (χ4n) is 3.11. The predicted octanol–water partition coefficient (Wildman–Crippen LogP) is 0.854. The Kier molecular flexibility index (Phi) is 8.49. The quantitative estimate of drug-likeness (QED) is 0.391. The first-order valence-corrected chi connectivity index (χ1v) is 10.1. The molecule has 0 saturated carbocycles. The lowest BCUT2D eigenvalue weighted by Gasteiger charge is -2.24. The van der Waals surface area contributed by atoms with E-state index in [0.29, 0.717) is 18.8 Å². The number of amides is 4. The topological polar surface area (TPSA) is 108 Å². The second kappa shape index (κ2) is 10.7. The van der Waals surface area contributed by atoms with Crippen LogP contribution in [0.5, 0.6) is 0 Å². The van der Waals surface area contributed by atoms with Gasteiger partial charge in [0.25, 0.3) is 5.91 Å². The van der Waals surface area contributed by atoms with Crippen LogP contribution in [-0.4, -0.2) is 84.9 Å². The largest absolute Gasteiger partial charge is 0.389 e. The van der Waals surface area contributed by atoms with Gasteiger partial charge < -0.3 is 24.8 Å². The third-order valence-electron chi connectivity index (χ3n) is 4.89. The van der Waals surface area contributed by atoms with Crippen molar-refractivity contribution >= 4 is 17.8 Å². The van der Waals surface area contributed by atoms with Gasteiger partial charge in [-0.3, -0.25) is 14.5 Å². The van der Waals surface area contributed by atoms with E-state index in [9.17, 15) is 23.9 Å². The van der Waals surface area contributed by atoms with Crippen molar-refractivity contribution in [2.45, 2.75) is 38.5 Å². The standard InChI is InChI=1S/C21H30FN3O6/c1-14(2)31-10-9-30-13-17(26)11-24(4)18(27)12-25-19(28)21(3,23-20(25)29)15-5-7-16(22)8-6-15/h5-8,14,17,26H,9-13H2,1-4H3,(H,23,29)/t17-,21-/m1/s1. The van der Waals surface area contributed by atoms with Gasteiger partial charge in [-0.15, -0.1) is 0 Å². The number of aliphatic hydroxyl groups is 1. The van der Waals surface area contributed by atoms with Crippen molar-refractivity contribution in [3.63, 3.8) is 0 Å². The molecular weight excluding hydrogens is 409 g/mol. The minimum absolute atomic E-state index is 0.0187. The Bertz CT molecular complexity index is 788. The van der Waals surface area contributed by atoms with Gasteiger partial charge in [-0.05, 0) is 38.5 Å². The van der Waals surface area contributed by atoms with Gasteiger partial charge in [-0.25, -0.2) is 9.18 Å². The second-order valence-corrected chi connectivity index (χ2v) is 7.88. The van der Waals surface area contributed by atoms with Crippen LogP contribution in [0.1, 0.15) is 26.3 Å². The van der Waals surface area contributed by atoms with E-state index in [1.165, 1.54) is 43.1 Å². The normalized spacial score (nSPS) is 19.6. The predicted molar refractivity (Wildman–Crippen MR) is 110 cm³/mol. The van der Waals surface area contributed by atoms with Crippen LogP contribution in [0, 0.1) is 5.82 Å². The average Bonchev–Trinajstić information content (AvgIpc) is 2.91. The molecule has 2 atom stereocenters. The lowest BCUT2D eigenvalue weighted by molar-refractivity contribution is -0.139. The summed E-state index contributed by atoms with van der Waals surface area (Å²) in [4.78, 5) is 39.7. The van der Waals surface area contributed by atoms with Crippen LogP contribution >= 0.6 is 0 Å². The first kappa shape index (κ1) is 24.7. The molecule has 1 heterocycles. The molecule has 9 nitrogen and oxygen atoms in total. The number of urea groups is 1. The van der Waals surface area contributed by atoms with Crippen molar-refractivity contribution in [2.75, 3.05) is 40.0 Å². The van der Waals surface area contributed by atoms with Gasteiger partial charge in [0.1, 0.15) is 17.9 Å². The molecule has 10 heteroatoms. The molecule has 0 unspecified atom stereocenters. The number of nitrogens with zero attached hydrogens (tertiary/aromatic N) is 2. The number of ether oxygens (including phenoxy) is 2. The highest BCUT2D eigenvalue weighted by Crippen LogP contribution is 2.28. The van der Waals surface area contributed by atoms with Gasteiger partial charge in [0.2, 0.25) is 5.91 Å². The number of carbonyl (C=O) groups excluding carboxylic acids is 3. The number of hydrogen-bond acceptors (Lipinski definition) is 6. The summed E-state index contributed by atoms with van der Waals surface area (Å²) < 4.78 is 23.8. The van der Waals surface area contributed by atoms with Gasteiger partial charge in [0.15, 0.2) is 0 Å². The van der Waals surface area contributed by atoms with Crippen molar-refractivity contribution in [1.29, 1.82) is 0 Å². The van der Waals surface area contributed by atoms with Gasteiger partial charge in [-0.2, -0.15) is 0 Å². The summed E-state index contributed by atoms with van der Waals surface area (Å²) in [6, 6.07) is 4.49. The zero-order chi connectivity index (χ0) is 23.2. The molecule has 4 amide bonds. The number of nitrogens with one attached hydrogen (secondary N) is 1. The monoisotopic (exact) mass is 439 g/mol. The molecule has 1 aromatic rings. The van der Waals surface area contributed by atoms with E-state index in [1.54, 1.807) is 0 Å². The van der Waals surface area contributed by atoms with E-state index in [0.717, 1.165) is 4.90 Å². The maximum Gasteiger partial charge on any atom is 0.325 e. The summed E-state index contributed by atoms with van der Waals surface area (Å²) in [5.41, 5.74) is -0.987. The molecule has 1 aliphatic rings. The zero-order valence-electron chi connectivity index (χ0n) is 18.3. The van der Waals surface area contributed by atoms with Crippen molar-refractivity contribution in [3.05, 3.63) is 35.6 Å². The number of imide groups is 1. The molecule has 0 bridgehead atoms. The molecule has 0 spiro atoms. The first-order chi connectivity index (χ1) is 14.5. The summed E-state index contributed by atoms with van der Waals surface area (Å²) in [5, 5.41) is 12.6. The second-order valence-electron chi connectivity index (χ2n) is 7.88. The third-order valence-corrected chi connectivity index (χ3v) is 4.89. The summed E-state index contributed by atoms with van der Waals surface area (Å²) >= 11 is 0. The molecule has 0 aliphatic carbocycles. The van der Waals surface area contributed by atoms with Crippen LogP contribution in [0.3, 0.4) is 0 Å². The summed E-state index contributed by atoms with van der Waals surface area (Å²) in [7, 11) is 1.46. The molecule has 2 N–H and O–H groups in total. The van der Waals surface area contributed by atoms with Gasteiger partial charge in [0, 0.05) is 13.6 Å². The van der Waals surface area contributed by atoms with Crippen molar-refractivity contribution < 1.29 is 33.4 Å². The molecule has 31 heavy (non-hydrogen) atoms. The Balaban J connectivity index is 1.87. The van der Waals surface area contributed by atoms with E-state index in [2.05, 4.69) is 5.32 Å². The molecule has 0 radical (unpaired) electrons. The number of aliphatic hydroxyl groups excluding tert-OH is 1. The van der Waals surface area contributed by atoms with Crippen LogP contribution in [0.15, 0.2) is 24.3 Å². The van der Waals surface area contributed by atoms with Gasteiger partial charge >= 0.3 is 6.03 Å². The molecule has 2 rings (SSSR count). The molecule has 0 aromatic heterocycles. The van der Waals surface area contributed by atoms with E-state index < -0.39 is 41.9 Å². The molecule has 1 saturated heterocycles. The maximum absolute atomic E-state index is 13.2. The Labute approximate surface area is 181 Å². The first-order valence-electron chi connectivity index (χ1n) is 10.1. The number of carbonyl (C=O) groups is 3. The summed E-state index contributed by atoms with van der Waals surface area (Å²) in [6.07, 6.45) is -0.840. The Morgan fingerprint density at radius 1 is 1.26 bits per heavy atom. The van der Waals surface area contributed by atoms with Crippen LogP contribution in [0.25, 0.3) is 0 Å². The SMILES string of the molecule is CC(C)OCCOC[C@H](O)CN(C)C(=O)CN1C(=O)N[C@](C)(c2ccc(F)cc2)C1=O. The van der Waals surface area contributed by atoms with Gasteiger partial charge in [-0.1, -0.05) is 12.1 Å². The van der Waals surface area contributed by atoms with E-state index >= 15 is 0 Å². The van der Waals surface area contributed by atoms with E-state index in [1.807, 2.05) is 13.8 Å². The summed E-state index contributed by atoms with van der Waals surface area (Å²) in [5.74, 6) is -1.60. The van der Waals surface area contributed by atoms with Crippen LogP contribution in [0.2, 0.25) is 0 Å². The highest BCUT2D eigenvalue weighted by molar-refractivity contribution is 6.09. The van der Waals surface area contributed by atoms with Gasteiger partial charge in [0.05, 0.1) is 32.0 Å². The molecule has 172 valence electrons. The molecular formula is C21H30FN3O6. The zero-order valence-corrected chi connectivity index (χ0v) is 18.3. The van der Waals surface area contributed by atoms with Crippen LogP contribution < -0.4 is 5.32 Å². The van der Waals surface area contributed by atoms with Crippen molar-refractivity contribution in [2.24, 2.45) is 0 Å². The summed E-state index contributed by atoms with van der Waals surface area (Å²) in [6.45, 7) is 5.54. The van der Waals surface area contributed by atoms with E-state index in [-0.39, 0.29) is 19.3 Å². The Morgan fingerprint density at radius 2 is 1.90 bits per heavy atom. The minimum Gasteiger partial charge on any atom is -0.389 e. The lowest BCUT2D eigenvalue weighted by Crippen LogP contribution is -2.45. The Morgan fingerprint density at radius 3 is 2.52 bits per heavy atom. The Hall–Kier alpha value is -2.56. The number of hydrogen-bond donors (Lipinski definition) is 2. The highest BCUT2D eigenvalue weighted by Gasteiger charge is 2.49. The third kappa shape index (κ3) is 6.46. The number of benzene rings is 1. The number of likely N-dealkylation sites (N-methyl/N-ethyl adjacent to an activating group) is 1.